The van der Waals surface area contributed by atoms with Gasteiger partial charge in [0.25, 0.3) is 5.91 Å². The lowest BCUT2D eigenvalue weighted by Crippen LogP contribution is -2.17. The summed E-state index contributed by atoms with van der Waals surface area (Å²) in [5, 5.41) is 6.83. The van der Waals surface area contributed by atoms with E-state index in [0.717, 1.165) is 18.0 Å². The number of hydrogen-bond acceptors (Lipinski definition) is 5. The van der Waals surface area contributed by atoms with Gasteiger partial charge in [-0.05, 0) is 12.3 Å². The van der Waals surface area contributed by atoms with Crippen molar-refractivity contribution in [1.82, 2.24) is 5.32 Å². The SMILES string of the molecule is CCCCC(CC)CNc1sc(C(=O)NC)c(N)c1OC. The minimum absolute atomic E-state index is 0.179. The molecule has 1 unspecified atom stereocenters. The number of unbranched alkanes of at least 4 members (excludes halogenated alkanes) is 1. The minimum Gasteiger partial charge on any atom is -0.492 e. The molecule has 0 aliphatic carbocycles. The fourth-order valence-electron chi connectivity index (χ4n) is 2.21. The van der Waals surface area contributed by atoms with Crippen molar-refractivity contribution in [3.05, 3.63) is 4.88 Å². The van der Waals surface area contributed by atoms with Gasteiger partial charge in [0.2, 0.25) is 0 Å². The van der Waals surface area contributed by atoms with Crippen molar-refractivity contribution in [3.8, 4) is 5.75 Å². The summed E-state index contributed by atoms with van der Waals surface area (Å²) in [5.74, 6) is 1.02. The van der Waals surface area contributed by atoms with Crippen LogP contribution in [-0.2, 0) is 0 Å². The number of carbonyl (C=O) groups is 1. The molecule has 1 amide bonds. The van der Waals surface area contributed by atoms with E-state index in [4.69, 9.17) is 10.5 Å². The number of thiophene rings is 1. The smallest absolute Gasteiger partial charge is 0.263 e. The second kappa shape index (κ2) is 8.77. The molecular formula is C15H27N3O2S. The maximum absolute atomic E-state index is 11.8. The van der Waals surface area contributed by atoms with E-state index in [0.29, 0.717) is 22.2 Å². The number of nitrogens with one attached hydrogen (secondary N) is 2. The number of amides is 1. The molecule has 1 heterocycles. The number of carbonyl (C=O) groups excluding carboxylic acids is 1. The van der Waals surface area contributed by atoms with E-state index in [-0.39, 0.29) is 5.91 Å². The maximum atomic E-state index is 11.8. The van der Waals surface area contributed by atoms with Gasteiger partial charge in [-0.3, -0.25) is 4.79 Å². The van der Waals surface area contributed by atoms with Gasteiger partial charge in [-0.15, -0.1) is 11.3 Å². The van der Waals surface area contributed by atoms with Crippen molar-refractivity contribution in [2.24, 2.45) is 5.92 Å². The molecule has 1 rings (SSSR count). The molecule has 1 aromatic heterocycles. The molecule has 1 atom stereocenters. The first-order chi connectivity index (χ1) is 10.1. The van der Waals surface area contributed by atoms with Crippen LogP contribution in [0, 0.1) is 5.92 Å². The van der Waals surface area contributed by atoms with Gasteiger partial charge in [0, 0.05) is 13.6 Å². The maximum Gasteiger partial charge on any atom is 0.263 e. The number of rotatable bonds is 9. The van der Waals surface area contributed by atoms with Crippen molar-refractivity contribution in [1.29, 1.82) is 0 Å². The summed E-state index contributed by atoms with van der Waals surface area (Å²) >= 11 is 1.35. The van der Waals surface area contributed by atoms with Crippen molar-refractivity contribution in [2.45, 2.75) is 39.5 Å². The second-order valence-corrected chi connectivity index (χ2v) is 6.10. The average molecular weight is 313 g/mol. The van der Waals surface area contributed by atoms with Crippen molar-refractivity contribution < 1.29 is 9.53 Å². The highest BCUT2D eigenvalue weighted by molar-refractivity contribution is 7.19. The highest BCUT2D eigenvalue weighted by Gasteiger charge is 2.21. The van der Waals surface area contributed by atoms with Crippen LogP contribution in [0.4, 0.5) is 10.7 Å². The van der Waals surface area contributed by atoms with Gasteiger partial charge in [0.15, 0.2) is 5.75 Å². The van der Waals surface area contributed by atoms with Crippen LogP contribution in [0.2, 0.25) is 0 Å². The van der Waals surface area contributed by atoms with E-state index in [9.17, 15) is 4.79 Å². The molecular weight excluding hydrogens is 286 g/mol. The Bertz CT molecular complexity index is 460. The summed E-state index contributed by atoms with van der Waals surface area (Å²) in [4.78, 5) is 12.3. The van der Waals surface area contributed by atoms with E-state index < -0.39 is 0 Å². The van der Waals surface area contributed by atoms with Crippen LogP contribution < -0.4 is 21.1 Å². The number of methoxy groups -OCH3 is 1. The molecule has 5 nitrogen and oxygen atoms in total. The van der Waals surface area contributed by atoms with Crippen molar-refractivity contribution >= 4 is 27.9 Å². The molecule has 120 valence electrons. The molecule has 0 bridgehead atoms. The number of nitrogen functional groups attached to an aromatic ring is 1. The number of hydrogen-bond donors (Lipinski definition) is 3. The standard InChI is InChI=1S/C15H27N3O2S/c1-5-7-8-10(6-2)9-18-15-12(20-4)11(16)13(21-15)14(19)17-3/h10,18H,5-9,16H2,1-4H3,(H,17,19). The monoisotopic (exact) mass is 313 g/mol. The first-order valence-corrected chi connectivity index (χ1v) is 8.32. The van der Waals surface area contributed by atoms with E-state index in [1.807, 2.05) is 0 Å². The Morgan fingerprint density at radius 3 is 2.67 bits per heavy atom. The quantitative estimate of drug-likeness (QED) is 0.653. The molecule has 0 saturated heterocycles. The average Bonchev–Trinajstić information content (AvgIpc) is 2.82. The van der Waals surface area contributed by atoms with E-state index >= 15 is 0 Å². The molecule has 0 aromatic carbocycles. The zero-order valence-electron chi connectivity index (χ0n) is 13.4. The normalized spacial score (nSPS) is 12.0. The Hall–Kier alpha value is -1.43. The molecule has 21 heavy (non-hydrogen) atoms. The van der Waals surface area contributed by atoms with Gasteiger partial charge in [-0.25, -0.2) is 0 Å². The van der Waals surface area contributed by atoms with Gasteiger partial charge in [0.05, 0.1) is 7.11 Å². The van der Waals surface area contributed by atoms with Crippen LogP contribution in [0.5, 0.6) is 5.75 Å². The molecule has 0 radical (unpaired) electrons. The Morgan fingerprint density at radius 2 is 2.14 bits per heavy atom. The van der Waals surface area contributed by atoms with Crippen LogP contribution in [0.1, 0.15) is 49.2 Å². The molecule has 1 aromatic rings. The van der Waals surface area contributed by atoms with Gasteiger partial charge >= 0.3 is 0 Å². The Balaban J connectivity index is 2.80. The van der Waals surface area contributed by atoms with Gasteiger partial charge < -0.3 is 21.1 Å². The number of nitrogens with two attached hydrogens (primary N) is 1. The first kappa shape index (κ1) is 17.6. The molecule has 0 saturated carbocycles. The minimum atomic E-state index is -0.179. The molecule has 0 spiro atoms. The zero-order chi connectivity index (χ0) is 15.8. The Morgan fingerprint density at radius 1 is 1.43 bits per heavy atom. The fraction of sp³-hybridized carbons (Fsp3) is 0.667. The third kappa shape index (κ3) is 4.52. The highest BCUT2D eigenvalue weighted by atomic mass is 32.1. The predicted molar refractivity (Wildman–Crippen MR) is 90.5 cm³/mol. The summed E-state index contributed by atoms with van der Waals surface area (Å²) in [6, 6.07) is 0. The van der Waals surface area contributed by atoms with Crippen molar-refractivity contribution in [2.75, 3.05) is 31.8 Å². The summed E-state index contributed by atoms with van der Waals surface area (Å²) < 4.78 is 5.34. The zero-order valence-corrected chi connectivity index (χ0v) is 14.2. The van der Waals surface area contributed by atoms with Crippen molar-refractivity contribution in [3.63, 3.8) is 0 Å². The van der Waals surface area contributed by atoms with E-state index in [2.05, 4.69) is 24.5 Å². The van der Waals surface area contributed by atoms with E-state index in [1.165, 1.54) is 30.6 Å². The lowest BCUT2D eigenvalue weighted by Gasteiger charge is -2.15. The highest BCUT2D eigenvalue weighted by Crippen LogP contribution is 2.42. The first-order valence-electron chi connectivity index (χ1n) is 7.51. The van der Waals surface area contributed by atoms with Crippen LogP contribution in [0.25, 0.3) is 0 Å². The number of anilines is 2. The predicted octanol–water partition coefficient (Wildman–Crippen LogP) is 3.33. The molecule has 6 heteroatoms. The summed E-state index contributed by atoms with van der Waals surface area (Å²) in [7, 11) is 3.17. The van der Waals surface area contributed by atoms with Crippen LogP contribution >= 0.6 is 11.3 Å². The van der Waals surface area contributed by atoms with Crippen LogP contribution in [-0.4, -0.2) is 26.6 Å². The Labute approximate surface area is 131 Å². The molecule has 0 aliphatic heterocycles. The van der Waals surface area contributed by atoms with Crippen LogP contribution in [0.3, 0.4) is 0 Å². The lowest BCUT2D eigenvalue weighted by atomic mass is 9.99. The molecule has 4 N–H and O–H groups in total. The lowest BCUT2D eigenvalue weighted by molar-refractivity contribution is 0.0967. The Kier molecular flexibility index (Phi) is 7.36. The fourth-order valence-corrected chi connectivity index (χ4v) is 3.25. The van der Waals surface area contributed by atoms with E-state index in [1.54, 1.807) is 14.2 Å². The van der Waals surface area contributed by atoms with Gasteiger partial charge in [0.1, 0.15) is 15.6 Å². The topological polar surface area (TPSA) is 76.4 Å². The largest absolute Gasteiger partial charge is 0.492 e. The summed E-state index contributed by atoms with van der Waals surface area (Å²) in [6.45, 7) is 5.29. The van der Waals surface area contributed by atoms with Gasteiger partial charge in [-0.2, -0.15) is 0 Å². The third-order valence-corrected chi connectivity index (χ3v) is 4.77. The molecule has 0 aliphatic rings. The second-order valence-electron chi connectivity index (χ2n) is 5.08. The summed E-state index contributed by atoms with van der Waals surface area (Å²) in [6.07, 6.45) is 4.81. The molecule has 0 fully saturated rings. The van der Waals surface area contributed by atoms with Crippen LogP contribution in [0.15, 0.2) is 0 Å². The number of ether oxygens (including phenoxy) is 1. The summed E-state index contributed by atoms with van der Waals surface area (Å²) in [5.41, 5.74) is 6.40. The van der Waals surface area contributed by atoms with Gasteiger partial charge in [-0.1, -0.05) is 33.1 Å². The third-order valence-electron chi connectivity index (χ3n) is 3.63.